The quantitative estimate of drug-likeness (QED) is 0.439. The first-order valence-corrected chi connectivity index (χ1v) is 9.43. The van der Waals surface area contributed by atoms with E-state index in [9.17, 15) is 19.3 Å². The Labute approximate surface area is 169 Å². The normalized spacial score (nSPS) is 11.2. The van der Waals surface area contributed by atoms with E-state index in [-0.39, 0.29) is 28.3 Å². The number of nitro benzene ring substituents is 1. The highest BCUT2D eigenvalue weighted by Gasteiger charge is 2.25. The molecule has 0 saturated carbocycles. The van der Waals surface area contributed by atoms with Gasteiger partial charge in [-0.25, -0.2) is 9.37 Å². The van der Waals surface area contributed by atoms with E-state index in [2.05, 4.69) is 4.98 Å². The van der Waals surface area contributed by atoms with Gasteiger partial charge in [-0.1, -0.05) is 29.0 Å². The van der Waals surface area contributed by atoms with Crippen molar-refractivity contribution in [1.29, 1.82) is 0 Å². The zero-order valence-corrected chi connectivity index (χ0v) is 16.6. The zero-order chi connectivity index (χ0) is 20.4. The van der Waals surface area contributed by atoms with Crippen LogP contribution in [0.25, 0.3) is 10.2 Å². The van der Waals surface area contributed by atoms with Gasteiger partial charge < -0.3 is 4.90 Å². The van der Waals surface area contributed by atoms with Gasteiger partial charge in [0.05, 0.1) is 20.2 Å². The summed E-state index contributed by atoms with van der Waals surface area (Å²) in [5, 5.41) is 11.5. The summed E-state index contributed by atoms with van der Waals surface area (Å²) >= 11 is 7.31. The highest BCUT2D eigenvalue weighted by molar-refractivity contribution is 7.22. The van der Waals surface area contributed by atoms with E-state index in [0.717, 1.165) is 6.07 Å². The zero-order valence-electron chi connectivity index (χ0n) is 15.1. The summed E-state index contributed by atoms with van der Waals surface area (Å²) < 4.78 is 14.6. The molecule has 0 fully saturated rings. The number of nitro groups is 1. The van der Waals surface area contributed by atoms with Crippen molar-refractivity contribution in [1.82, 2.24) is 9.88 Å². The molecule has 0 saturated heterocycles. The average Bonchev–Trinajstić information content (AvgIpc) is 3.07. The lowest BCUT2D eigenvalue weighted by atomic mass is 10.1. The predicted molar refractivity (Wildman–Crippen MR) is 108 cm³/mol. The second kappa shape index (κ2) is 8.17. The van der Waals surface area contributed by atoms with Crippen molar-refractivity contribution in [2.75, 3.05) is 32.1 Å². The monoisotopic (exact) mass is 422 g/mol. The number of amides is 1. The number of likely N-dealkylation sites (N-methyl/N-ethyl adjacent to an activating group) is 1. The highest BCUT2D eigenvalue weighted by atomic mass is 35.5. The molecule has 0 N–H and O–H groups in total. The van der Waals surface area contributed by atoms with E-state index >= 15 is 0 Å². The molecular weight excluding hydrogens is 407 g/mol. The maximum Gasteiger partial charge on any atom is 0.270 e. The van der Waals surface area contributed by atoms with Crippen LogP contribution in [0.4, 0.5) is 15.2 Å². The molecule has 28 heavy (non-hydrogen) atoms. The Morgan fingerprint density at radius 2 is 2.04 bits per heavy atom. The summed E-state index contributed by atoms with van der Waals surface area (Å²) in [5.74, 6) is -1.01. The van der Waals surface area contributed by atoms with E-state index in [1.807, 2.05) is 19.0 Å². The number of para-hydroxylation sites is 1. The minimum Gasteiger partial charge on any atom is -0.308 e. The smallest absolute Gasteiger partial charge is 0.270 e. The van der Waals surface area contributed by atoms with Gasteiger partial charge in [0.15, 0.2) is 5.13 Å². The summed E-state index contributed by atoms with van der Waals surface area (Å²) in [6, 6.07) is 8.28. The molecule has 146 valence electrons. The minimum atomic E-state index is -0.593. The van der Waals surface area contributed by atoms with Gasteiger partial charge in [-0.15, -0.1) is 0 Å². The molecule has 1 aromatic heterocycles. The van der Waals surface area contributed by atoms with Crippen LogP contribution in [-0.2, 0) is 0 Å². The van der Waals surface area contributed by atoms with Crippen LogP contribution in [0.15, 0.2) is 36.4 Å². The molecule has 0 aliphatic heterocycles. The van der Waals surface area contributed by atoms with Crippen molar-refractivity contribution in [3.63, 3.8) is 0 Å². The van der Waals surface area contributed by atoms with Gasteiger partial charge >= 0.3 is 0 Å². The number of nitrogens with zero attached hydrogens (tertiary/aromatic N) is 4. The topological polar surface area (TPSA) is 79.6 Å². The van der Waals surface area contributed by atoms with Crippen molar-refractivity contribution >= 4 is 49.9 Å². The van der Waals surface area contributed by atoms with Crippen LogP contribution in [0.5, 0.6) is 0 Å². The van der Waals surface area contributed by atoms with Crippen molar-refractivity contribution in [3.8, 4) is 0 Å². The summed E-state index contributed by atoms with van der Waals surface area (Å²) in [5.41, 5.74) is -0.0692. The summed E-state index contributed by atoms with van der Waals surface area (Å²) in [4.78, 5) is 31.2. The first-order chi connectivity index (χ1) is 13.3. The number of hydrogen-bond acceptors (Lipinski definition) is 6. The van der Waals surface area contributed by atoms with Crippen LogP contribution in [0.3, 0.4) is 0 Å². The number of carbonyl (C=O) groups is 1. The van der Waals surface area contributed by atoms with Crippen molar-refractivity contribution < 1.29 is 14.1 Å². The number of rotatable bonds is 6. The van der Waals surface area contributed by atoms with Crippen LogP contribution >= 0.6 is 22.9 Å². The molecule has 0 aliphatic rings. The van der Waals surface area contributed by atoms with E-state index in [1.54, 1.807) is 12.1 Å². The van der Waals surface area contributed by atoms with Crippen molar-refractivity contribution in [2.45, 2.75) is 0 Å². The van der Waals surface area contributed by atoms with Crippen molar-refractivity contribution in [2.24, 2.45) is 0 Å². The van der Waals surface area contributed by atoms with Gasteiger partial charge in [0.25, 0.3) is 11.6 Å². The lowest BCUT2D eigenvalue weighted by molar-refractivity contribution is -0.384. The van der Waals surface area contributed by atoms with Crippen molar-refractivity contribution in [3.05, 3.63) is 62.9 Å². The van der Waals surface area contributed by atoms with E-state index in [1.165, 1.54) is 34.4 Å². The molecule has 3 aromatic rings. The highest BCUT2D eigenvalue weighted by Crippen LogP contribution is 2.32. The summed E-state index contributed by atoms with van der Waals surface area (Å²) in [7, 11) is 3.70. The van der Waals surface area contributed by atoms with Crippen LogP contribution < -0.4 is 4.90 Å². The number of hydrogen-bond donors (Lipinski definition) is 0. The first-order valence-electron chi connectivity index (χ1n) is 8.23. The molecule has 0 unspecified atom stereocenters. The van der Waals surface area contributed by atoms with E-state index < -0.39 is 16.6 Å². The largest absolute Gasteiger partial charge is 0.308 e. The molecular formula is C18H16ClFN4O3S. The molecule has 3 rings (SSSR count). The van der Waals surface area contributed by atoms with Crippen LogP contribution in [0, 0.1) is 15.9 Å². The number of non-ortho nitro benzene ring substituents is 1. The fourth-order valence-electron chi connectivity index (χ4n) is 2.54. The third-order valence-electron chi connectivity index (χ3n) is 4.00. The number of halogens is 2. The maximum absolute atomic E-state index is 14.0. The van der Waals surface area contributed by atoms with Gasteiger partial charge in [-0.3, -0.25) is 19.8 Å². The molecule has 2 aromatic carbocycles. The Hall–Kier alpha value is -2.62. The Morgan fingerprint density at radius 1 is 1.29 bits per heavy atom. The van der Waals surface area contributed by atoms with Gasteiger partial charge in [0.1, 0.15) is 11.3 Å². The van der Waals surface area contributed by atoms with Crippen LogP contribution in [0.1, 0.15) is 10.4 Å². The van der Waals surface area contributed by atoms with Crippen LogP contribution in [-0.4, -0.2) is 47.9 Å². The molecule has 1 heterocycles. The molecule has 7 nitrogen and oxygen atoms in total. The second-order valence-corrected chi connectivity index (χ2v) is 7.68. The Balaban J connectivity index is 2.06. The standard InChI is InChI=1S/C18H16ClFN4O3S/c1-22(2)8-9-23(18-21-16-14(20)4-3-5-15(16)28-18)17(25)12-10-11(24(26)27)6-7-13(12)19/h3-7,10H,8-9H2,1-2H3. The third kappa shape index (κ3) is 4.11. The SMILES string of the molecule is CN(C)CCN(C(=O)c1cc([N+](=O)[O-])ccc1Cl)c1nc2c(F)cccc2s1. The fraction of sp³-hybridized carbons (Fsp3) is 0.222. The average molecular weight is 423 g/mol. The molecule has 0 bridgehead atoms. The lowest BCUT2D eigenvalue weighted by Crippen LogP contribution is -2.37. The van der Waals surface area contributed by atoms with E-state index in [4.69, 9.17) is 11.6 Å². The van der Waals surface area contributed by atoms with Crippen LogP contribution in [0.2, 0.25) is 5.02 Å². The number of fused-ring (bicyclic) bond motifs is 1. The second-order valence-electron chi connectivity index (χ2n) is 6.26. The molecule has 0 spiro atoms. The molecule has 1 amide bonds. The lowest BCUT2D eigenvalue weighted by Gasteiger charge is -2.22. The Morgan fingerprint density at radius 3 is 2.68 bits per heavy atom. The number of aromatic nitrogens is 1. The molecule has 0 radical (unpaired) electrons. The number of carbonyl (C=O) groups excluding carboxylic acids is 1. The number of benzene rings is 2. The number of thiazole rings is 1. The number of anilines is 1. The minimum absolute atomic E-state index is 0.00523. The Bertz CT molecular complexity index is 1060. The van der Waals surface area contributed by atoms with Gasteiger partial charge in [0, 0.05) is 25.2 Å². The first kappa shape index (κ1) is 20.1. The van der Waals surface area contributed by atoms with Gasteiger partial charge in [0.2, 0.25) is 0 Å². The predicted octanol–water partition coefficient (Wildman–Crippen LogP) is 4.21. The molecule has 0 atom stereocenters. The van der Waals surface area contributed by atoms with Gasteiger partial charge in [-0.2, -0.15) is 0 Å². The Kier molecular flexibility index (Phi) is 5.87. The third-order valence-corrected chi connectivity index (χ3v) is 5.37. The molecule has 0 aliphatic carbocycles. The van der Waals surface area contributed by atoms with E-state index in [0.29, 0.717) is 16.4 Å². The summed E-state index contributed by atoms with van der Waals surface area (Å²) in [6.07, 6.45) is 0. The van der Waals surface area contributed by atoms with Gasteiger partial charge in [-0.05, 0) is 32.3 Å². The molecule has 10 heteroatoms. The fourth-order valence-corrected chi connectivity index (χ4v) is 3.74. The summed E-state index contributed by atoms with van der Waals surface area (Å²) in [6.45, 7) is 0.767. The maximum atomic E-state index is 14.0.